The largest absolute Gasteiger partial charge is 0.461 e. The zero-order chi connectivity index (χ0) is 17.3. The van der Waals surface area contributed by atoms with E-state index in [4.69, 9.17) is 9.47 Å². The molecule has 1 aromatic rings. The van der Waals surface area contributed by atoms with Crippen LogP contribution in [0.3, 0.4) is 0 Å². The van der Waals surface area contributed by atoms with Crippen molar-refractivity contribution in [2.45, 2.75) is 51.2 Å². The van der Waals surface area contributed by atoms with Crippen LogP contribution in [0, 0.1) is 0 Å². The lowest BCUT2D eigenvalue weighted by atomic mass is 10.0. The Bertz CT molecular complexity index is 612. The summed E-state index contributed by atoms with van der Waals surface area (Å²) in [4.78, 5) is 33.0. The molecule has 1 aromatic heterocycles. The Balaban J connectivity index is 2.34. The summed E-state index contributed by atoms with van der Waals surface area (Å²) >= 11 is 0. The molecule has 1 heterocycles. The highest BCUT2D eigenvalue weighted by molar-refractivity contribution is 5.89. The first-order valence-corrected chi connectivity index (χ1v) is 7.66. The van der Waals surface area contributed by atoms with Crippen molar-refractivity contribution in [2.75, 3.05) is 13.7 Å². The normalized spacial score (nSPS) is 23.3. The summed E-state index contributed by atoms with van der Waals surface area (Å²) in [7, 11) is 1.77. The maximum atomic E-state index is 12.7. The molecule has 7 nitrogen and oxygen atoms in total. The van der Waals surface area contributed by atoms with Crippen molar-refractivity contribution in [1.29, 1.82) is 0 Å². The van der Waals surface area contributed by atoms with E-state index in [0.717, 1.165) is 0 Å². The number of nitrogens with zero attached hydrogens (tertiary/aromatic N) is 2. The van der Waals surface area contributed by atoms with Gasteiger partial charge in [-0.05, 0) is 47.2 Å². The molecule has 7 heteroatoms. The lowest BCUT2D eigenvalue weighted by Gasteiger charge is -2.24. The number of nitrogens with one attached hydrogen (secondary N) is 1. The second-order valence-corrected chi connectivity index (χ2v) is 6.50. The fourth-order valence-corrected chi connectivity index (χ4v) is 2.44. The summed E-state index contributed by atoms with van der Waals surface area (Å²) in [5.74, 6) is -0.626. The van der Waals surface area contributed by atoms with Crippen LogP contribution in [0.1, 0.15) is 50.4 Å². The molecule has 0 spiro atoms. The molecular formula is C16H23N3O4. The van der Waals surface area contributed by atoms with Gasteiger partial charge in [-0.2, -0.15) is 0 Å². The van der Waals surface area contributed by atoms with Crippen molar-refractivity contribution in [3.63, 3.8) is 0 Å². The molecule has 2 unspecified atom stereocenters. The van der Waals surface area contributed by atoms with E-state index in [1.807, 2.05) is 20.8 Å². The highest BCUT2D eigenvalue weighted by Crippen LogP contribution is 2.48. The van der Waals surface area contributed by atoms with E-state index < -0.39 is 17.0 Å². The topological polar surface area (TPSA) is 90.4 Å². The predicted molar refractivity (Wildman–Crippen MR) is 83.0 cm³/mol. The van der Waals surface area contributed by atoms with Crippen LogP contribution in [0.2, 0.25) is 0 Å². The number of hydrogen-bond acceptors (Lipinski definition) is 7. The molecule has 0 amide bonds. The molecule has 0 radical (unpaired) electrons. The summed E-state index contributed by atoms with van der Waals surface area (Å²) in [6, 6.07) is 1.36. The molecule has 0 saturated heterocycles. The molecule has 2 atom stereocenters. The highest BCUT2D eigenvalue weighted by Gasteiger charge is 2.65. The Morgan fingerprint density at radius 2 is 2.13 bits per heavy atom. The Labute approximate surface area is 135 Å². The van der Waals surface area contributed by atoms with Gasteiger partial charge in [-0.25, -0.2) is 14.8 Å². The molecule has 1 aliphatic rings. The third-order valence-electron chi connectivity index (χ3n) is 3.61. The maximum absolute atomic E-state index is 12.7. The Kier molecular flexibility index (Phi) is 4.70. The average Bonchev–Trinajstić information content (AvgIpc) is 3.22. The molecular weight excluding hydrogens is 298 g/mol. The number of esters is 2. The van der Waals surface area contributed by atoms with Gasteiger partial charge < -0.3 is 14.8 Å². The standard InChI is InChI=1S/C16H23N3O4/c1-6-22-12(20)10-7-8-18-13(19-10)16(9-11(16)17-5)14(21)23-15(2,3)4/h7-8,11,17H,6,9H2,1-5H3. The molecule has 1 aliphatic carbocycles. The zero-order valence-electron chi connectivity index (χ0n) is 14.2. The number of carbonyl (C=O) groups is 2. The van der Waals surface area contributed by atoms with Gasteiger partial charge in [0.2, 0.25) is 0 Å². The summed E-state index contributed by atoms with van der Waals surface area (Å²) in [6.07, 6.45) is 2.00. The van der Waals surface area contributed by atoms with Crippen LogP contribution in [0.5, 0.6) is 0 Å². The van der Waals surface area contributed by atoms with Crippen molar-refractivity contribution >= 4 is 11.9 Å². The van der Waals surface area contributed by atoms with Gasteiger partial charge in [0.25, 0.3) is 0 Å². The quantitative estimate of drug-likeness (QED) is 0.815. The summed E-state index contributed by atoms with van der Waals surface area (Å²) in [5, 5.41) is 3.07. The number of rotatable bonds is 5. The van der Waals surface area contributed by atoms with Gasteiger partial charge in [0, 0.05) is 12.2 Å². The molecule has 0 aromatic carbocycles. The average molecular weight is 321 g/mol. The van der Waals surface area contributed by atoms with Crippen molar-refractivity contribution in [3.8, 4) is 0 Å². The van der Waals surface area contributed by atoms with E-state index in [1.165, 1.54) is 12.3 Å². The van der Waals surface area contributed by atoms with Crippen molar-refractivity contribution in [2.24, 2.45) is 0 Å². The third kappa shape index (κ3) is 3.50. The smallest absolute Gasteiger partial charge is 0.357 e. The molecule has 23 heavy (non-hydrogen) atoms. The summed E-state index contributed by atoms with van der Waals surface area (Å²) in [5.41, 5.74) is -1.42. The maximum Gasteiger partial charge on any atom is 0.357 e. The lowest BCUT2D eigenvalue weighted by molar-refractivity contribution is -0.158. The first-order valence-electron chi connectivity index (χ1n) is 7.66. The number of hydrogen-bond donors (Lipinski definition) is 1. The second-order valence-electron chi connectivity index (χ2n) is 6.50. The highest BCUT2D eigenvalue weighted by atomic mass is 16.6. The van der Waals surface area contributed by atoms with Crippen LogP contribution in [0.15, 0.2) is 12.3 Å². The molecule has 0 bridgehead atoms. The van der Waals surface area contributed by atoms with Crippen molar-refractivity contribution < 1.29 is 19.1 Å². The lowest BCUT2D eigenvalue weighted by Crippen LogP contribution is -2.38. The SMILES string of the molecule is CCOC(=O)c1ccnc(C2(C(=O)OC(C)(C)C)CC2NC)n1. The number of ether oxygens (including phenoxy) is 2. The predicted octanol–water partition coefficient (Wildman–Crippen LogP) is 1.22. The van der Waals surface area contributed by atoms with E-state index in [2.05, 4.69) is 15.3 Å². The first-order chi connectivity index (χ1) is 10.7. The zero-order valence-corrected chi connectivity index (χ0v) is 14.2. The van der Waals surface area contributed by atoms with Gasteiger partial charge in [-0.3, -0.25) is 4.79 Å². The minimum Gasteiger partial charge on any atom is -0.461 e. The van der Waals surface area contributed by atoms with E-state index in [1.54, 1.807) is 14.0 Å². The van der Waals surface area contributed by atoms with E-state index in [9.17, 15) is 9.59 Å². The molecule has 0 aliphatic heterocycles. The first kappa shape index (κ1) is 17.3. The Morgan fingerprint density at radius 1 is 1.43 bits per heavy atom. The number of aromatic nitrogens is 2. The van der Waals surface area contributed by atoms with Crippen LogP contribution in [-0.2, 0) is 19.7 Å². The fourth-order valence-electron chi connectivity index (χ4n) is 2.44. The third-order valence-corrected chi connectivity index (χ3v) is 3.61. The summed E-state index contributed by atoms with van der Waals surface area (Å²) in [6.45, 7) is 7.41. The van der Waals surface area contributed by atoms with Gasteiger partial charge in [-0.1, -0.05) is 0 Å². The minimum atomic E-state index is -0.954. The molecule has 2 rings (SSSR count). The molecule has 1 saturated carbocycles. The van der Waals surface area contributed by atoms with E-state index >= 15 is 0 Å². The number of likely N-dealkylation sites (N-methyl/N-ethyl adjacent to an activating group) is 1. The van der Waals surface area contributed by atoms with Crippen LogP contribution in [0.4, 0.5) is 0 Å². The number of carbonyl (C=O) groups excluding carboxylic acids is 2. The fraction of sp³-hybridized carbons (Fsp3) is 0.625. The minimum absolute atomic E-state index is 0.116. The molecule has 126 valence electrons. The van der Waals surface area contributed by atoms with Crippen LogP contribution < -0.4 is 5.32 Å². The van der Waals surface area contributed by atoms with Gasteiger partial charge >= 0.3 is 11.9 Å². The van der Waals surface area contributed by atoms with Gasteiger partial charge in [0.15, 0.2) is 5.69 Å². The molecule has 1 N–H and O–H groups in total. The van der Waals surface area contributed by atoms with E-state index in [0.29, 0.717) is 6.42 Å². The van der Waals surface area contributed by atoms with Crippen molar-refractivity contribution in [1.82, 2.24) is 15.3 Å². The van der Waals surface area contributed by atoms with Gasteiger partial charge in [0.1, 0.15) is 16.8 Å². The van der Waals surface area contributed by atoms with Crippen molar-refractivity contribution in [3.05, 3.63) is 23.8 Å². The van der Waals surface area contributed by atoms with Crippen LogP contribution in [-0.4, -0.2) is 47.2 Å². The monoisotopic (exact) mass is 321 g/mol. The Morgan fingerprint density at radius 3 is 2.65 bits per heavy atom. The summed E-state index contributed by atoms with van der Waals surface area (Å²) < 4.78 is 10.5. The second kappa shape index (κ2) is 6.23. The molecule has 1 fully saturated rings. The Hall–Kier alpha value is -2.02. The van der Waals surface area contributed by atoms with Crippen LogP contribution >= 0.6 is 0 Å². The van der Waals surface area contributed by atoms with Gasteiger partial charge in [0.05, 0.1) is 6.61 Å². The van der Waals surface area contributed by atoms with Crippen LogP contribution in [0.25, 0.3) is 0 Å². The van der Waals surface area contributed by atoms with Gasteiger partial charge in [-0.15, -0.1) is 0 Å². The van der Waals surface area contributed by atoms with E-state index in [-0.39, 0.29) is 30.1 Å².